The Morgan fingerprint density at radius 1 is 1.25 bits per heavy atom. The molecule has 1 aromatic rings. The highest BCUT2D eigenvalue weighted by molar-refractivity contribution is 6.31. The molecular formula is C17H25ClN2. The molecule has 20 heavy (non-hydrogen) atoms. The van der Waals surface area contributed by atoms with Gasteiger partial charge in [-0.25, -0.2) is 0 Å². The molecule has 0 spiro atoms. The first-order chi connectivity index (χ1) is 9.70. The van der Waals surface area contributed by atoms with Crippen LogP contribution in [0.1, 0.15) is 36.8 Å². The van der Waals surface area contributed by atoms with Gasteiger partial charge < -0.3 is 5.32 Å². The van der Waals surface area contributed by atoms with Crippen molar-refractivity contribution < 1.29 is 0 Å². The van der Waals surface area contributed by atoms with Gasteiger partial charge in [0.2, 0.25) is 0 Å². The molecule has 110 valence electrons. The lowest BCUT2D eigenvalue weighted by atomic mass is 10.1. The molecule has 0 aromatic heterocycles. The van der Waals surface area contributed by atoms with Crippen molar-refractivity contribution in [2.45, 2.75) is 45.2 Å². The van der Waals surface area contributed by atoms with Crippen LogP contribution in [0, 0.1) is 12.8 Å². The van der Waals surface area contributed by atoms with E-state index in [1.807, 2.05) is 0 Å². The van der Waals surface area contributed by atoms with Crippen LogP contribution < -0.4 is 5.32 Å². The second kappa shape index (κ2) is 6.46. The number of hydrogen-bond acceptors (Lipinski definition) is 2. The number of aryl methyl sites for hydroxylation is 1. The number of nitrogens with one attached hydrogen (secondary N) is 1. The van der Waals surface area contributed by atoms with Crippen LogP contribution >= 0.6 is 11.6 Å². The number of nitrogens with zero attached hydrogens (tertiary/aromatic N) is 1. The molecule has 2 nitrogen and oxygen atoms in total. The molecule has 3 rings (SSSR count). The van der Waals surface area contributed by atoms with Crippen molar-refractivity contribution in [3.05, 3.63) is 34.3 Å². The van der Waals surface area contributed by atoms with Crippen molar-refractivity contribution in [2.75, 3.05) is 19.6 Å². The van der Waals surface area contributed by atoms with Crippen LogP contribution in [0.3, 0.4) is 0 Å². The Morgan fingerprint density at radius 3 is 2.75 bits per heavy atom. The number of hydrogen-bond donors (Lipinski definition) is 1. The smallest absolute Gasteiger partial charge is 0.0438 e. The second-order valence-electron chi connectivity index (χ2n) is 6.51. The lowest BCUT2D eigenvalue weighted by Gasteiger charge is -2.26. The van der Waals surface area contributed by atoms with Gasteiger partial charge in [0.25, 0.3) is 0 Å². The molecular weight excluding hydrogens is 268 g/mol. The van der Waals surface area contributed by atoms with Gasteiger partial charge in [0.05, 0.1) is 0 Å². The summed E-state index contributed by atoms with van der Waals surface area (Å²) in [5.74, 6) is 0.942. The van der Waals surface area contributed by atoms with Gasteiger partial charge >= 0.3 is 0 Å². The minimum Gasteiger partial charge on any atom is -0.313 e. The van der Waals surface area contributed by atoms with Crippen LogP contribution in [0.5, 0.6) is 0 Å². The summed E-state index contributed by atoms with van der Waals surface area (Å²) in [6.07, 6.45) is 5.50. The van der Waals surface area contributed by atoms with Crippen LogP contribution in [0.2, 0.25) is 5.02 Å². The third-order valence-electron chi connectivity index (χ3n) is 4.50. The van der Waals surface area contributed by atoms with E-state index in [4.69, 9.17) is 11.6 Å². The van der Waals surface area contributed by atoms with Gasteiger partial charge in [-0.3, -0.25) is 4.90 Å². The van der Waals surface area contributed by atoms with Crippen LogP contribution in [0.15, 0.2) is 18.2 Å². The van der Waals surface area contributed by atoms with Gasteiger partial charge in [0.1, 0.15) is 0 Å². The molecule has 1 saturated heterocycles. The van der Waals surface area contributed by atoms with Crippen LogP contribution in [0.4, 0.5) is 0 Å². The third-order valence-corrected chi connectivity index (χ3v) is 4.90. The Hall–Kier alpha value is -0.570. The summed E-state index contributed by atoms with van der Waals surface area (Å²) in [4.78, 5) is 2.63. The summed E-state index contributed by atoms with van der Waals surface area (Å²) < 4.78 is 0. The summed E-state index contributed by atoms with van der Waals surface area (Å²) >= 11 is 6.25. The van der Waals surface area contributed by atoms with Crippen molar-refractivity contribution >= 4 is 11.6 Å². The summed E-state index contributed by atoms with van der Waals surface area (Å²) in [5.41, 5.74) is 2.51. The Kier molecular flexibility index (Phi) is 4.65. The fourth-order valence-electron chi connectivity index (χ4n) is 3.09. The minimum atomic E-state index is 0.690. The van der Waals surface area contributed by atoms with Gasteiger partial charge in [0, 0.05) is 30.7 Å². The van der Waals surface area contributed by atoms with E-state index in [9.17, 15) is 0 Å². The zero-order chi connectivity index (χ0) is 13.9. The number of rotatable bonds is 6. The molecule has 1 heterocycles. The van der Waals surface area contributed by atoms with Crippen LogP contribution in [0.25, 0.3) is 0 Å². The molecule has 0 bridgehead atoms. The third kappa shape index (κ3) is 3.97. The van der Waals surface area contributed by atoms with E-state index in [1.165, 1.54) is 56.4 Å². The van der Waals surface area contributed by atoms with Crippen molar-refractivity contribution in [1.82, 2.24) is 10.2 Å². The predicted molar refractivity (Wildman–Crippen MR) is 85.2 cm³/mol. The molecule has 1 unspecified atom stereocenters. The summed E-state index contributed by atoms with van der Waals surface area (Å²) in [5, 5.41) is 4.52. The van der Waals surface area contributed by atoms with Crippen molar-refractivity contribution in [3.8, 4) is 0 Å². The summed E-state index contributed by atoms with van der Waals surface area (Å²) in [7, 11) is 0. The van der Waals surface area contributed by atoms with E-state index in [2.05, 4.69) is 35.3 Å². The highest BCUT2D eigenvalue weighted by Crippen LogP contribution is 2.30. The van der Waals surface area contributed by atoms with Crippen LogP contribution in [-0.2, 0) is 6.54 Å². The largest absolute Gasteiger partial charge is 0.313 e. The molecule has 3 heteroatoms. The van der Waals surface area contributed by atoms with Gasteiger partial charge in [0.15, 0.2) is 0 Å². The first kappa shape index (κ1) is 14.4. The first-order valence-electron chi connectivity index (χ1n) is 7.91. The van der Waals surface area contributed by atoms with Crippen molar-refractivity contribution in [3.63, 3.8) is 0 Å². The fourth-order valence-corrected chi connectivity index (χ4v) is 3.29. The fraction of sp³-hybridized carbons (Fsp3) is 0.647. The van der Waals surface area contributed by atoms with E-state index in [0.717, 1.165) is 17.5 Å². The number of halogens is 1. The van der Waals surface area contributed by atoms with E-state index < -0.39 is 0 Å². The second-order valence-corrected chi connectivity index (χ2v) is 6.92. The molecule has 1 atom stereocenters. The SMILES string of the molecule is Cc1ccc(CN(CC2CC2)CC2CCCN2)cc1Cl. The van der Waals surface area contributed by atoms with Gasteiger partial charge in [-0.05, 0) is 62.3 Å². The Bertz CT molecular complexity index is 450. The molecule has 2 aliphatic rings. The minimum absolute atomic E-state index is 0.690. The Labute approximate surface area is 127 Å². The van der Waals surface area contributed by atoms with E-state index >= 15 is 0 Å². The molecule has 2 fully saturated rings. The average Bonchev–Trinajstić information content (AvgIpc) is 3.08. The number of benzene rings is 1. The quantitative estimate of drug-likeness (QED) is 0.862. The normalized spacial score (nSPS) is 22.6. The predicted octanol–water partition coefficient (Wildman–Crippen LogP) is 3.61. The standard InChI is InChI=1S/C17H25ClN2/c1-13-4-5-15(9-17(13)18)11-20(10-14-6-7-14)12-16-3-2-8-19-16/h4-5,9,14,16,19H,2-3,6-8,10-12H2,1H3. The molecule has 1 N–H and O–H groups in total. The molecule has 0 radical (unpaired) electrons. The molecule has 1 saturated carbocycles. The monoisotopic (exact) mass is 292 g/mol. The summed E-state index contributed by atoms with van der Waals surface area (Å²) in [6, 6.07) is 7.19. The lowest BCUT2D eigenvalue weighted by molar-refractivity contribution is 0.232. The van der Waals surface area contributed by atoms with Crippen molar-refractivity contribution in [1.29, 1.82) is 0 Å². The molecule has 1 aliphatic heterocycles. The van der Waals surface area contributed by atoms with Gasteiger partial charge in [-0.15, -0.1) is 0 Å². The maximum absolute atomic E-state index is 6.25. The maximum atomic E-state index is 6.25. The Balaban J connectivity index is 1.62. The summed E-state index contributed by atoms with van der Waals surface area (Å²) in [6.45, 7) is 6.73. The zero-order valence-corrected chi connectivity index (χ0v) is 13.1. The van der Waals surface area contributed by atoms with E-state index in [1.54, 1.807) is 0 Å². The highest BCUT2D eigenvalue weighted by Gasteiger charge is 2.26. The molecule has 1 aromatic carbocycles. The van der Waals surface area contributed by atoms with E-state index in [-0.39, 0.29) is 0 Å². The first-order valence-corrected chi connectivity index (χ1v) is 8.29. The van der Waals surface area contributed by atoms with Gasteiger partial charge in [-0.1, -0.05) is 23.7 Å². The lowest BCUT2D eigenvalue weighted by Crippen LogP contribution is -2.38. The van der Waals surface area contributed by atoms with Crippen molar-refractivity contribution in [2.24, 2.45) is 5.92 Å². The maximum Gasteiger partial charge on any atom is 0.0438 e. The zero-order valence-electron chi connectivity index (χ0n) is 12.4. The Morgan fingerprint density at radius 2 is 2.10 bits per heavy atom. The van der Waals surface area contributed by atoms with E-state index in [0.29, 0.717) is 6.04 Å². The van der Waals surface area contributed by atoms with Gasteiger partial charge in [-0.2, -0.15) is 0 Å². The topological polar surface area (TPSA) is 15.3 Å². The molecule has 1 aliphatic carbocycles. The highest BCUT2D eigenvalue weighted by atomic mass is 35.5. The molecule has 0 amide bonds. The average molecular weight is 293 g/mol. The van der Waals surface area contributed by atoms with Crippen LogP contribution in [-0.4, -0.2) is 30.6 Å².